The molecule has 0 saturated heterocycles. The lowest BCUT2D eigenvalue weighted by Gasteiger charge is -2.42. The summed E-state index contributed by atoms with van der Waals surface area (Å²) in [5, 5.41) is 10.7. The number of nitrogens with zero attached hydrogens (tertiary/aromatic N) is 1. The van der Waals surface area contributed by atoms with Gasteiger partial charge in [0.2, 0.25) is 0 Å². The number of rotatable bonds is 14. The first kappa shape index (κ1) is 28.1. The second kappa shape index (κ2) is 12.1. The van der Waals surface area contributed by atoms with Crippen molar-refractivity contribution >= 4 is 19.2 Å². The number of ether oxygens (including phenoxy) is 5. The van der Waals surface area contributed by atoms with E-state index in [-0.39, 0.29) is 44.0 Å². The molecule has 0 rings (SSSR count). The number of esters is 1. The van der Waals surface area contributed by atoms with Crippen molar-refractivity contribution in [2.24, 2.45) is 0 Å². The molecule has 0 fully saturated rings. The van der Waals surface area contributed by atoms with Gasteiger partial charge in [-0.25, -0.2) is 4.79 Å². The van der Waals surface area contributed by atoms with Crippen molar-refractivity contribution < 1.29 is 43.0 Å². The standard InChI is InChI=1S/C19H36NO8P/c1-10-24-18(25-11-2,28-17(22)15(5)6)19(26-12-3,27-13-4)29(23)16(21)14-20(7,8)9/h5,10-14H2,1-4,6-9H3/p+1. The summed E-state index contributed by atoms with van der Waals surface area (Å²) in [6.45, 7) is 11.7. The van der Waals surface area contributed by atoms with Crippen LogP contribution in [0.25, 0.3) is 0 Å². The fourth-order valence-electron chi connectivity index (χ4n) is 2.45. The van der Waals surface area contributed by atoms with Gasteiger partial charge in [-0.3, -0.25) is 0 Å². The zero-order chi connectivity index (χ0) is 22.9. The van der Waals surface area contributed by atoms with Crippen molar-refractivity contribution in [1.29, 1.82) is 0 Å². The molecule has 10 heteroatoms. The van der Waals surface area contributed by atoms with Crippen LogP contribution >= 0.6 is 7.77 Å². The summed E-state index contributed by atoms with van der Waals surface area (Å²) in [5.41, 5.74) is -2.54. The number of quaternary nitrogens is 1. The molecule has 0 bridgehead atoms. The van der Waals surface area contributed by atoms with Crippen molar-refractivity contribution in [3.05, 3.63) is 12.2 Å². The predicted molar refractivity (Wildman–Crippen MR) is 110 cm³/mol. The number of hydrogen-bond donors (Lipinski definition) is 1. The van der Waals surface area contributed by atoms with Gasteiger partial charge >= 0.3 is 17.5 Å². The van der Waals surface area contributed by atoms with Crippen LogP contribution in [0.2, 0.25) is 0 Å². The molecule has 0 aliphatic heterocycles. The summed E-state index contributed by atoms with van der Waals surface area (Å²) < 4.78 is 28.7. The van der Waals surface area contributed by atoms with E-state index in [1.807, 2.05) is 21.1 Å². The Kier molecular flexibility index (Phi) is 11.7. The van der Waals surface area contributed by atoms with E-state index < -0.39 is 25.2 Å². The topological polar surface area (TPSA) is 107 Å². The first-order chi connectivity index (χ1) is 13.4. The molecule has 170 valence electrons. The summed E-state index contributed by atoms with van der Waals surface area (Å²) in [7, 11) is 2.64. The number of aliphatic hydroxyl groups is 1. The van der Waals surface area contributed by atoms with E-state index in [9.17, 15) is 14.8 Å². The highest BCUT2D eigenvalue weighted by Crippen LogP contribution is 2.49. The smallest absolute Gasteiger partial charge is 0.435 e. The summed E-state index contributed by atoms with van der Waals surface area (Å²) in [5.74, 6) is -3.17. The number of carbonyl (C=O) groups excluding carboxylic acids is 1. The molecule has 1 N–H and O–H groups in total. The molecular weight excluding hydrogens is 401 g/mol. The second-order valence-electron chi connectivity index (χ2n) is 7.20. The normalized spacial score (nSPS) is 13.9. The molecule has 0 aliphatic rings. The Labute approximate surface area is 175 Å². The average Bonchev–Trinajstić information content (AvgIpc) is 2.59. The lowest BCUT2D eigenvalue weighted by Crippen LogP contribution is -2.63. The van der Waals surface area contributed by atoms with Crippen LogP contribution in [0.5, 0.6) is 0 Å². The van der Waals surface area contributed by atoms with Gasteiger partial charge in [-0.1, -0.05) is 6.58 Å². The van der Waals surface area contributed by atoms with Gasteiger partial charge in [0.25, 0.3) is 5.48 Å². The maximum absolute atomic E-state index is 13.6. The molecule has 0 amide bonds. The van der Waals surface area contributed by atoms with E-state index in [4.69, 9.17) is 23.7 Å². The fourth-order valence-corrected chi connectivity index (χ4v) is 4.26. The third kappa shape index (κ3) is 7.38. The van der Waals surface area contributed by atoms with Crippen LogP contribution in [0.1, 0.15) is 34.6 Å². The molecule has 0 aromatic rings. The van der Waals surface area contributed by atoms with E-state index in [0.29, 0.717) is 4.48 Å². The van der Waals surface area contributed by atoms with Crippen LogP contribution in [0, 0.1) is 0 Å². The SMILES string of the molecule is C=C(C)C(=O)OC(OCC)(OCC)C(OCC)(OCC)/[P+]([O-])=C(\O)C[N+](C)(C)C. The number of carbonyl (C=O) groups is 1. The third-order valence-corrected chi connectivity index (χ3v) is 5.11. The van der Waals surface area contributed by atoms with E-state index in [1.165, 1.54) is 6.92 Å². The molecule has 0 heterocycles. The Hall–Kier alpha value is -0.900. The minimum atomic E-state index is -2.82. The Morgan fingerprint density at radius 1 is 1.00 bits per heavy atom. The maximum Gasteiger partial charge on any atom is 0.435 e. The molecule has 29 heavy (non-hydrogen) atoms. The number of hydrogen-bond acceptors (Lipinski definition) is 7. The van der Waals surface area contributed by atoms with Gasteiger partial charge in [0.05, 0.1) is 47.6 Å². The van der Waals surface area contributed by atoms with Crippen LogP contribution in [0.3, 0.4) is 0 Å². The van der Waals surface area contributed by atoms with E-state index in [1.54, 1.807) is 27.7 Å². The van der Waals surface area contributed by atoms with Crippen molar-refractivity contribution in [3.63, 3.8) is 0 Å². The van der Waals surface area contributed by atoms with Crippen LogP contribution in [0.15, 0.2) is 12.2 Å². The van der Waals surface area contributed by atoms with Crippen LogP contribution in [-0.4, -0.2) is 86.7 Å². The van der Waals surface area contributed by atoms with Crippen LogP contribution < -0.4 is 4.89 Å². The van der Waals surface area contributed by atoms with Crippen LogP contribution in [0.4, 0.5) is 0 Å². The Balaban J connectivity index is 6.89. The van der Waals surface area contributed by atoms with Gasteiger partial charge < -0.3 is 38.2 Å². The van der Waals surface area contributed by atoms with Crippen LogP contribution in [-0.2, 0) is 28.5 Å². The number of likely N-dealkylation sites (N-methyl/N-ethyl adjacent to an activating group) is 1. The minimum Gasteiger partial charge on any atom is -0.624 e. The first-order valence-corrected chi connectivity index (χ1v) is 10.9. The molecule has 1 unspecified atom stereocenters. The monoisotopic (exact) mass is 438 g/mol. The third-order valence-electron chi connectivity index (χ3n) is 3.43. The summed E-state index contributed by atoms with van der Waals surface area (Å²) >= 11 is 0. The van der Waals surface area contributed by atoms with E-state index >= 15 is 0 Å². The zero-order valence-electron chi connectivity index (χ0n) is 18.9. The molecular formula is C19H37NO8P+. The quantitative estimate of drug-likeness (QED) is 0.143. The second-order valence-corrected chi connectivity index (χ2v) is 8.89. The van der Waals surface area contributed by atoms with Gasteiger partial charge in [0, 0.05) is 5.57 Å². The lowest BCUT2D eigenvalue weighted by atomic mass is 10.3. The summed E-state index contributed by atoms with van der Waals surface area (Å²) in [4.78, 5) is 26.0. The van der Waals surface area contributed by atoms with Crippen molar-refractivity contribution in [3.8, 4) is 0 Å². The predicted octanol–water partition coefficient (Wildman–Crippen LogP) is 1.53. The molecule has 0 saturated carbocycles. The van der Waals surface area contributed by atoms with E-state index in [2.05, 4.69) is 6.58 Å². The highest BCUT2D eigenvalue weighted by molar-refractivity contribution is 7.52. The molecule has 0 spiro atoms. The maximum atomic E-state index is 13.6. The van der Waals surface area contributed by atoms with Crippen molar-refractivity contribution in [2.45, 2.75) is 46.1 Å². The molecule has 1 atom stereocenters. The minimum absolute atomic E-state index is 0.0185. The van der Waals surface area contributed by atoms with Gasteiger partial charge in [-0.05, 0) is 34.6 Å². The highest BCUT2D eigenvalue weighted by atomic mass is 31.1. The summed E-state index contributed by atoms with van der Waals surface area (Å²) in [6, 6.07) is 0. The van der Waals surface area contributed by atoms with Crippen molar-refractivity contribution in [1.82, 2.24) is 0 Å². The van der Waals surface area contributed by atoms with Gasteiger partial charge in [-0.2, -0.15) is 0 Å². The average molecular weight is 438 g/mol. The van der Waals surface area contributed by atoms with Gasteiger partial charge in [-0.15, -0.1) is 0 Å². The lowest BCUT2D eigenvalue weighted by molar-refractivity contribution is -0.861. The largest absolute Gasteiger partial charge is 0.624 e. The molecule has 9 nitrogen and oxygen atoms in total. The summed E-state index contributed by atoms with van der Waals surface area (Å²) in [6.07, 6.45) is 0. The van der Waals surface area contributed by atoms with Gasteiger partial charge in [0.15, 0.2) is 14.3 Å². The highest BCUT2D eigenvalue weighted by Gasteiger charge is 2.69. The Morgan fingerprint density at radius 3 is 1.72 bits per heavy atom. The zero-order valence-corrected chi connectivity index (χ0v) is 19.8. The molecule has 0 aromatic carbocycles. The van der Waals surface area contributed by atoms with E-state index in [0.717, 1.165) is 0 Å². The molecule has 0 aliphatic carbocycles. The Bertz CT molecular complexity index is 573. The molecule has 0 radical (unpaired) electrons. The fraction of sp³-hybridized carbons (Fsp3) is 0.789. The van der Waals surface area contributed by atoms with Gasteiger partial charge in [0.1, 0.15) is 0 Å². The number of aliphatic hydroxyl groups excluding tert-OH is 1. The van der Waals surface area contributed by atoms with Crippen molar-refractivity contribution in [2.75, 3.05) is 54.1 Å². The Morgan fingerprint density at radius 2 is 1.41 bits per heavy atom. The molecule has 0 aromatic heterocycles. The first-order valence-electron chi connectivity index (χ1n) is 9.63.